The van der Waals surface area contributed by atoms with Gasteiger partial charge in [-0.3, -0.25) is 0 Å². The van der Waals surface area contributed by atoms with Crippen LogP contribution in [0.4, 0.5) is 4.79 Å². The molecule has 3 nitrogen and oxygen atoms in total. The number of hydrogen-bond acceptors (Lipinski definition) is 2. The zero-order chi connectivity index (χ0) is 11.3. The summed E-state index contributed by atoms with van der Waals surface area (Å²) in [6.07, 6.45) is 0.625. The fourth-order valence-electron chi connectivity index (χ4n) is 1.14. The SMILES string of the molecule is CCc1cccc(OC(=O)N(C)CC)c1. The van der Waals surface area contributed by atoms with Gasteiger partial charge in [-0.15, -0.1) is 0 Å². The van der Waals surface area contributed by atoms with Gasteiger partial charge >= 0.3 is 6.09 Å². The van der Waals surface area contributed by atoms with Gasteiger partial charge in [-0.05, 0) is 31.0 Å². The predicted molar refractivity (Wildman–Crippen MR) is 60.1 cm³/mol. The van der Waals surface area contributed by atoms with E-state index >= 15 is 0 Å². The molecule has 0 atom stereocenters. The van der Waals surface area contributed by atoms with Crippen molar-refractivity contribution in [3.05, 3.63) is 29.8 Å². The molecule has 1 amide bonds. The van der Waals surface area contributed by atoms with Crippen LogP contribution in [0.5, 0.6) is 5.75 Å². The normalized spacial score (nSPS) is 9.80. The largest absolute Gasteiger partial charge is 0.414 e. The van der Waals surface area contributed by atoms with Crippen molar-refractivity contribution in [1.82, 2.24) is 4.90 Å². The second kappa shape index (κ2) is 5.39. The number of nitrogens with zero attached hydrogens (tertiary/aromatic N) is 1. The summed E-state index contributed by atoms with van der Waals surface area (Å²) >= 11 is 0. The number of carbonyl (C=O) groups excluding carboxylic acids is 1. The topological polar surface area (TPSA) is 29.5 Å². The highest BCUT2D eigenvalue weighted by atomic mass is 16.6. The molecule has 0 N–H and O–H groups in total. The van der Waals surface area contributed by atoms with Crippen LogP contribution in [0.25, 0.3) is 0 Å². The Bertz CT molecular complexity index is 336. The molecule has 0 spiro atoms. The summed E-state index contributed by atoms with van der Waals surface area (Å²) in [5.41, 5.74) is 1.17. The zero-order valence-electron chi connectivity index (χ0n) is 9.49. The summed E-state index contributed by atoms with van der Waals surface area (Å²) in [6.45, 7) is 4.62. The van der Waals surface area contributed by atoms with Gasteiger partial charge in [-0.25, -0.2) is 4.79 Å². The number of carbonyl (C=O) groups is 1. The maximum absolute atomic E-state index is 11.4. The van der Waals surface area contributed by atoms with Crippen LogP contribution in [0.1, 0.15) is 19.4 Å². The van der Waals surface area contributed by atoms with Gasteiger partial charge in [0.1, 0.15) is 5.75 Å². The Labute approximate surface area is 90.7 Å². The van der Waals surface area contributed by atoms with E-state index in [2.05, 4.69) is 6.92 Å². The monoisotopic (exact) mass is 207 g/mol. The molecule has 0 bridgehead atoms. The van der Waals surface area contributed by atoms with E-state index in [1.807, 2.05) is 25.1 Å². The Hall–Kier alpha value is -1.51. The predicted octanol–water partition coefficient (Wildman–Crippen LogP) is 2.70. The average molecular weight is 207 g/mol. The van der Waals surface area contributed by atoms with E-state index in [0.29, 0.717) is 12.3 Å². The van der Waals surface area contributed by atoms with Gasteiger partial charge < -0.3 is 9.64 Å². The van der Waals surface area contributed by atoms with E-state index in [1.165, 1.54) is 10.5 Å². The number of aryl methyl sites for hydroxylation is 1. The van der Waals surface area contributed by atoms with Gasteiger partial charge in [0.25, 0.3) is 0 Å². The van der Waals surface area contributed by atoms with E-state index in [4.69, 9.17) is 4.74 Å². The molecule has 0 unspecified atom stereocenters. The van der Waals surface area contributed by atoms with Gasteiger partial charge in [0.05, 0.1) is 0 Å². The first-order chi connectivity index (χ1) is 7.17. The maximum Gasteiger partial charge on any atom is 0.414 e. The zero-order valence-corrected chi connectivity index (χ0v) is 9.49. The van der Waals surface area contributed by atoms with E-state index in [1.54, 1.807) is 13.1 Å². The molecule has 1 aromatic carbocycles. The first-order valence-corrected chi connectivity index (χ1v) is 5.19. The lowest BCUT2D eigenvalue weighted by molar-refractivity contribution is 0.165. The van der Waals surface area contributed by atoms with E-state index in [9.17, 15) is 4.79 Å². The van der Waals surface area contributed by atoms with Crippen molar-refractivity contribution in [2.24, 2.45) is 0 Å². The van der Waals surface area contributed by atoms with Crippen molar-refractivity contribution < 1.29 is 9.53 Å². The molecule has 0 saturated carbocycles. The summed E-state index contributed by atoms with van der Waals surface area (Å²) in [5, 5.41) is 0. The first kappa shape index (κ1) is 11.6. The van der Waals surface area contributed by atoms with Crippen molar-refractivity contribution in [3.63, 3.8) is 0 Å². The second-order valence-corrected chi connectivity index (χ2v) is 3.38. The third-order valence-corrected chi connectivity index (χ3v) is 2.30. The summed E-state index contributed by atoms with van der Waals surface area (Å²) in [5.74, 6) is 0.611. The van der Waals surface area contributed by atoms with E-state index in [-0.39, 0.29) is 6.09 Å². The number of hydrogen-bond donors (Lipinski definition) is 0. The van der Waals surface area contributed by atoms with Gasteiger partial charge in [-0.2, -0.15) is 0 Å². The second-order valence-electron chi connectivity index (χ2n) is 3.38. The third kappa shape index (κ3) is 3.27. The molecule has 0 aliphatic carbocycles. The Morgan fingerprint density at radius 1 is 1.40 bits per heavy atom. The van der Waals surface area contributed by atoms with Gasteiger partial charge in [0.2, 0.25) is 0 Å². The van der Waals surface area contributed by atoms with Crippen molar-refractivity contribution in [2.75, 3.05) is 13.6 Å². The Balaban J connectivity index is 2.68. The minimum absolute atomic E-state index is 0.314. The lowest BCUT2D eigenvalue weighted by Crippen LogP contribution is -2.29. The average Bonchev–Trinajstić information content (AvgIpc) is 2.28. The minimum Gasteiger partial charge on any atom is -0.410 e. The van der Waals surface area contributed by atoms with Crippen molar-refractivity contribution in [2.45, 2.75) is 20.3 Å². The van der Waals surface area contributed by atoms with E-state index in [0.717, 1.165) is 6.42 Å². The van der Waals surface area contributed by atoms with Crippen LogP contribution in [0, 0.1) is 0 Å². The Morgan fingerprint density at radius 2 is 2.13 bits per heavy atom. The molecular weight excluding hydrogens is 190 g/mol. The highest BCUT2D eigenvalue weighted by Gasteiger charge is 2.08. The fourth-order valence-corrected chi connectivity index (χ4v) is 1.14. The molecule has 0 aliphatic rings. The smallest absolute Gasteiger partial charge is 0.410 e. The molecule has 0 aliphatic heterocycles. The first-order valence-electron chi connectivity index (χ1n) is 5.19. The number of amides is 1. The van der Waals surface area contributed by atoms with Crippen LogP contribution in [-0.2, 0) is 6.42 Å². The lowest BCUT2D eigenvalue weighted by Gasteiger charge is -2.14. The minimum atomic E-state index is -0.314. The summed E-state index contributed by atoms with van der Waals surface area (Å²) in [7, 11) is 1.71. The van der Waals surface area contributed by atoms with Crippen molar-refractivity contribution >= 4 is 6.09 Å². The van der Waals surface area contributed by atoms with Crippen LogP contribution >= 0.6 is 0 Å². The van der Waals surface area contributed by atoms with Crippen molar-refractivity contribution in [1.29, 1.82) is 0 Å². The summed E-state index contributed by atoms with van der Waals surface area (Å²) in [4.78, 5) is 13.0. The number of ether oxygens (including phenoxy) is 1. The quantitative estimate of drug-likeness (QED) is 0.762. The van der Waals surface area contributed by atoms with Crippen LogP contribution in [-0.4, -0.2) is 24.6 Å². The van der Waals surface area contributed by atoms with Crippen LogP contribution in [0.15, 0.2) is 24.3 Å². The molecule has 82 valence electrons. The highest BCUT2D eigenvalue weighted by Crippen LogP contribution is 2.14. The van der Waals surface area contributed by atoms with Crippen LogP contribution in [0.3, 0.4) is 0 Å². The molecule has 3 heteroatoms. The van der Waals surface area contributed by atoms with Crippen molar-refractivity contribution in [3.8, 4) is 5.75 Å². The van der Waals surface area contributed by atoms with Gasteiger partial charge in [0, 0.05) is 13.6 Å². The molecule has 0 heterocycles. The van der Waals surface area contributed by atoms with Crippen LogP contribution < -0.4 is 4.74 Å². The fraction of sp³-hybridized carbons (Fsp3) is 0.417. The standard InChI is InChI=1S/C12H17NO2/c1-4-10-7-6-8-11(9-10)15-12(14)13(3)5-2/h6-9H,4-5H2,1-3H3. The molecule has 0 fully saturated rings. The molecule has 15 heavy (non-hydrogen) atoms. The molecule has 1 aromatic rings. The lowest BCUT2D eigenvalue weighted by atomic mass is 10.2. The Kier molecular flexibility index (Phi) is 4.16. The van der Waals surface area contributed by atoms with Crippen LogP contribution in [0.2, 0.25) is 0 Å². The molecular formula is C12H17NO2. The number of benzene rings is 1. The molecule has 1 rings (SSSR count). The number of rotatable bonds is 3. The van der Waals surface area contributed by atoms with E-state index < -0.39 is 0 Å². The molecule has 0 radical (unpaired) electrons. The Morgan fingerprint density at radius 3 is 2.73 bits per heavy atom. The van der Waals surface area contributed by atoms with Gasteiger partial charge in [0.15, 0.2) is 0 Å². The highest BCUT2D eigenvalue weighted by molar-refractivity contribution is 5.70. The molecule has 0 aromatic heterocycles. The molecule has 0 saturated heterocycles. The third-order valence-electron chi connectivity index (χ3n) is 2.30. The van der Waals surface area contributed by atoms with Gasteiger partial charge in [-0.1, -0.05) is 19.1 Å². The summed E-state index contributed by atoms with van der Waals surface area (Å²) in [6, 6.07) is 7.59. The maximum atomic E-state index is 11.4. The summed E-state index contributed by atoms with van der Waals surface area (Å²) < 4.78 is 5.20.